The third kappa shape index (κ3) is 5.99. The minimum atomic E-state index is -0.361. The standard InChI is InChI=1S/C20H19N3O2S/c1-2-14-21-19(25)16-10-6-7-11-17(16)22-20(26)23-18(24)13-12-15-8-4-3-5-9-15/h2-13H,1,14H2,(H,21,25)(H2,22,23,24,26)/b13-12+. The van der Waals surface area contributed by atoms with E-state index in [1.165, 1.54) is 6.08 Å². The van der Waals surface area contributed by atoms with E-state index in [1.807, 2.05) is 30.3 Å². The van der Waals surface area contributed by atoms with Gasteiger partial charge in [0, 0.05) is 12.6 Å². The van der Waals surface area contributed by atoms with E-state index < -0.39 is 0 Å². The van der Waals surface area contributed by atoms with Crippen molar-refractivity contribution in [2.75, 3.05) is 11.9 Å². The molecule has 0 radical (unpaired) electrons. The second-order valence-corrected chi connectivity index (χ2v) is 5.64. The molecule has 0 atom stereocenters. The van der Waals surface area contributed by atoms with E-state index in [2.05, 4.69) is 22.5 Å². The van der Waals surface area contributed by atoms with Crippen molar-refractivity contribution in [3.8, 4) is 0 Å². The van der Waals surface area contributed by atoms with Crippen LogP contribution in [0.2, 0.25) is 0 Å². The lowest BCUT2D eigenvalue weighted by molar-refractivity contribution is -0.115. The lowest BCUT2D eigenvalue weighted by atomic mass is 10.1. The number of hydrogen-bond acceptors (Lipinski definition) is 3. The molecule has 26 heavy (non-hydrogen) atoms. The summed E-state index contributed by atoms with van der Waals surface area (Å²) in [5.41, 5.74) is 1.84. The highest BCUT2D eigenvalue weighted by Gasteiger charge is 2.11. The fourth-order valence-electron chi connectivity index (χ4n) is 2.09. The van der Waals surface area contributed by atoms with Gasteiger partial charge in [0.1, 0.15) is 0 Å². The number of hydrogen-bond donors (Lipinski definition) is 3. The average Bonchev–Trinajstić information content (AvgIpc) is 2.65. The number of anilines is 1. The zero-order valence-corrected chi connectivity index (χ0v) is 14.9. The van der Waals surface area contributed by atoms with Gasteiger partial charge in [-0.3, -0.25) is 14.9 Å². The van der Waals surface area contributed by atoms with Gasteiger partial charge in [-0.15, -0.1) is 6.58 Å². The second-order valence-electron chi connectivity index (χ2n) is 5.23. The summed E-state index contributed by atoms with van der Waals surface area (Å²) < 4.78 is 0. The minimum absolute atomic E-state index is 0.108. The molecule has 2 aromatic carbocycles. The lowest BCUT2D eigenvalue weighted by Crippen LogP contribution is -2.34. The fraction of sp³-hybridized carbons (Fsp3) is 0.0500. The van der Waals surface area contributed by atoms with Gasteiger partial charge < -0.3 is 10.6 Å². The van der Waals surface area contributed by atoms with E-state index in [-0.39, 0.29) is 16.9 Å². The summed E-state index contributed by atoms with van der Waals surface area (Å²) in [4.78, 5) is 24.1. The van der Waals surface area contributed by atoms with E-state index in [9.17, 15) is 9.59 Å². The van der Waals surface area contributed by atoms with Gasteiger partial charge in [-0.25, -0.2) is 0 Å². The molecule has 2 rings (SSSR count). The van der Waals surface area contributed by atoms with Crippen LogP contribution in [0.25, 0.3) is 6.08 Å². The van der Waals surface area contributed by atoms with Crippen LogP contribution in [0.4, 0.5) is 5.69 Å². The van der Waals surface area contributed by atoms with E-state index in [0.717, 1.165) is 5.56 Å². The maximum Gasteiger partial charge on any atom is 0.253 e. The predicted octanol–water partition coefficient (Wildman–Crippen LogP) is 3.13. The minimum Gasteiger partial charge on any atom is -0.349 e. The van der Waals surface area contributed by atoms with Crippen molar-refractivity contribution in [2.45, 2.75) is 0 Å². The summed E-state index contributed by atoms with van der Waals surface area (Å²) >= 11 is 5.15. The van der Waals surface area contributed by atoms with Gasteiger partial charge in [0.25, 0.3) is 5.91 Å². The Kier molecular flexibility index (Phi) is 7.27. The van der Waals surface area contributed by atoms with Crippen LogP contribution in [0.1, 0.15) is 15.9 Å². The molecule has 5 nitrogen and oxygen atoms in total. The van der Waals surface area contributed by atoms with Gasteiger partial charge in [-0.05, 0) is 36.0 Å². The Balaban J connectivity index is 1.97. The van der Waals surface area contributed by atoms with Crippen molar-refractivity contribution < 1.29 is 9.59 Å². The molecule has 132 valence electrons. The largest absolute Gasteiger partial charge is 0.349 e. The first-order valence-electron chi connectivity index (χ1n) is 7.93. The summed E-state index contributed by atoms with van der Waals surface area (Å²) in [6.07, 6.45) is 4.68. The molecule has 0 saturated heterocycles. The van der Waals surface area contributed by atoms with Crippen molar-refractivity contribution in [3.63, 3.8) is 0 Å². The Bertz CT molecular complexity index is 832. The van der Waals surface area contributed by atoms with Gasteiger partial charge >= 0.3 is 0 Å². The normalized spacial score (nSPS) is 10.2. The van der Waals surface area contributed by atoms with E-state index >= 15 is 0 Å². The quantitative estimate of drug-likeness (QED) is 0.418. The second kappa shape index (κ2) is 9.90. The molecule has 2 aromatic rings. The Labute approximate surface area is 157 Å². The molecular weight excluding hydrogens is 346 g/mol. The van der Waals surface area contributed by atoms with Crippen LogP contribution >= 0.6 is 12.2 Å². The van der Waals surface area contributed by atoms with Gasteiger partial charge in [0.2, 0.25) is 5.91 Å². The van der Waals surface area contributed by atoms with Gasteiger partial charge in [-0.1, -0.05) is 48.5 Å². The Morgan fingerprint density at radius 1 is 1.04 bits per heavy atom. The summed E-state index contributed by atoms with van der Waals surface area (Å²) in [5, 5.41) is 8.24. The van der Waals surface area contributed by atoms with Crippen LogP contribution < -0.4 is 16.0 Å². The molecule has 0 bridgehead atoms. The zero-order chi connectivity index (χ0) is 18.8. The first kappa shape index (κ1) is 19.1. The van der Waals surface area contributed by atoms with Crippen LogP contribution in [0, 0.1) is 0 Å². The van der Waals surface area contributed by atoms with Crippen molar-refractivity contribution in [2.24, 2.45) is 0 Å². The SMILES string of the molecule is C=CCNC(=O)c1ccccc1NC(=S)NC(=O)/C=C/c1ccccc1. The molecule has 0 heterocycles. The maximum absolute atomic E-state index is 12.1. The Morgan fingerprint density at radius 3 is 2.46 bits per heavy atom. The average molecular weight is 365 g/mol. The summed E-state index contributed by atoms with van der Waals surface area (Å²) in [6, 6.07) is 16.3. The van der Waals surface area contributed by atoms with Gasteiger partial charge in [-0.2, -0.15) is 0 Å². The number of carbonyl (C=O) groups is 2. The van der Waals surface area contributed by atoms with Crippen LogP contribution in [0.3, 0.4) is 0 Å². The van der Waals surface area contributed by atoms with Crippen molar-refractivity contribution in [3.05, 3.63) is 84.5 Å². The smallest absolute Gasteiger partial charge is 0.253 e. The highest BCUT2D eigenvalue weighted by Crippen LogP contribution is 2.14. The predicted molar refractivity (Wildman–Crippen MR) is 109 cm³/mol. The van der Waals surface area contributed by atoms with Crippen LogP contribution in [-0.2, 0) is 4.79 Å². The molecule has 0 fully saturated rings. The molecular formula is C20H19N3O2S. The van der Waals surface area contributed by atoms with Crippen molar-refractivity contribution in [1.29, 1.82) is 0 Å². The molecule has 0 aliphatic rings. The monoisotopic (exact) mass is 365 g/mol. The Morgan fingerprint density at radius 2 is 1.73 bits per heavy atom. The van der Waals surface area contributed by atoms with Gasteiger partial charge in [0.05, 0.1) is 11.3 Å². The van der Waals surface area contributed by atoms with Crippen molar-refractivity contribution in [1.82, 2.24) is 10.6 Å². The molecule has 0 aromatic heterocycles. The lowest BCUT2D eigenvalue weighted by Gasteiger charge is -2.12. The van der Waals surface area contributed by atoms with E-state index in [4.69, 9.17) is 12.2 Å². The maximum atomic E-state index is 12.1. The number of rotatable bonds is 6. The van der Waals surface area contributed by atoms with Crippen molar-refractivity contribution >= 4 is 40.9 Å². The van der Waals surface area contributed by atoms with Gasteiger partial charge in [0.15, 0.2) is 5.11 Å². The topological polar surface area (TPSA) is 70.2 Å². The first-order chi connectivity index (χ1) is 12.6. The van der Waals surface area contributed by atoms with Crippen LogP contribution in [0.15, 0.2) is 73.3 Å². The summed E-state index contributed by atoms with van der Waals surface area (Å²) in [6.45, 7) is 3.92. The number of carbonyl (C=O) groups excluding carboxylic acids is 2. The van der Waals surface area contributed by atoms with E-state index in [0.29, 0.717) is 17.8 Å². The number of thiocarbonyl (C=S) groups is 1. The summed E-state index contributed by atoms with van der Waals surface area (Å²) in [7, 11) is 0. The van der Waals surface area contributed by atoms with E-state index in [1.54, 1.807) is 36.4 Å². The molecule has 6 heteroatoms. The number of para-hydroxylation sites is 1. The number of benzene rings is 2. The summed E-state index contributed by atoms with van der Waals surface area (Å²) in [5.74, 6) is -0.619. The fourth-order valence-corrected chi connectivity index (χ4v) is 2.30. The molecule has 3 N–H and O–H groups in total. The molecule has 2 amide bonds. The third-order valence-electron chi connectivity index (χ3n) is 3.29. The van der Waals surface area contributed by atoms with Crippen LogP contribution in [0.5, 0.6) is 0 Å². The molecule has 0 saturated carbocycles. The molecule has 0 spiro atoms. The first-order valence-corrected chi connectivity index (χ1v) is 8.34. The molecule has 0 aliphatic carbocycles. The highest BCUT2D eigenvalue weighted by atomic mass is 32.1. The molecule has 0 aliphatic heterocycles. The Hall–Kier alpha value is -3.25. The number of amides is 2. The highest BCUT2D eigenvalue weighted by molar-refractivity contribution is 7.80. The third-order valence-corrected chi connectivity index (χ3v) is 3.49. The zero-order valence-electron chi connectivity index (χ0n) is 14.1. The number of nitrogens with one attached hydrogen (secondary N) is 3. The molecule has 0 unspecified atom stereocenters. The van der Waals surface area contributed by atoms with Crippen LogP contribution in [-0.4, -0.2) is 23.5 Å².